The molecule has 2 unspecified atom stereocenters. The second-order valence-electron chi connectivity index (χ2n) is 5.61. The lowest BCUT2D eigenvalue weighted by molar-refractivity contribution is 0.112. The molecule has 2 N–H and O–H groups in total. The summed E-state index contributed by atoms with van der Waals surface area (Å²) in [6.45, 7) is 2.52. The summed E-state index contributed by atoms with van der Waals surface area (Å²) in [7, 11) is 0. The Labute approximate surface area is 119 Å². The summed E-state index contributed by atoms with van der Waals surface area (Å²) in [5.74, 6) is -0.858. The van der Waals surface area contributed by atoms with E-state index < -0.39 is 11.6 Å². The molecule has 2 atom stereocenters. The summed E-state index contributed by atoms with van der Waals surface area (Å²) in [5, 5.41) is 0. The molecule has 0 radical (unpaired) electrons. The highest BCUT2D eigenvalue weighted by Crippen LogP contribution is 2.32. The van der Waals surface area contributed by atoms with Crippen molar-refractivity contribution in [2.75, 3.05) is 6.54 Å². The van der Waals surface area contributed by atoms with Gasteiger partial charge in [0.25, 0.3) is 0 Å². The quantitative estimate of drug-likeness (QED) is 0.891. The van der Waals surface area contributed by atoms with Gasteiger partial charge in [-0.2, -0.15) is 0 Å². The predicted molar refractivity (Wildman–Crippen MR) is 75.8 cm³/mol. The minimum Gasteiger partial charge on any atom is -0.484 e. The first-order valence-electron chi connectivity index (χ1n) is 7.48. The minimum atomic E-state index is -0.618. The maximum absolute atomic E-state index is 14.0. The molecule has 1 aromatic rings. The van der Waals surface area contributed by atoms with Crippen molar-refractivity contribution in [3.8, 4) is 5.75 Å². The first-order valence-corrected chi connectivity index (χ1v) is 7.48. The van der Waals surface area contributed by atoms with Crippen LogP contribution in [0.4, 0.5) is 8.78 Å². The van der Waals surface area contributed by atoms with Gasteiger partial charge in [0.05, 0.1) is 6.10 Å². The molecule has 0 saturated heterocycles. The molecule has 2 rings (SSSR count). The SMILES string of the molecule is CCC1CCCC(Oc2c(F)cc(CCN)cc2F)C1. The Balaban J connectivity index is 2.09. The molecule has 20 heavy (non-hydrogen) atoms. The zero-order valence-electron chi connectivity index (χ0n) is 12.0. The number of hydrogen-bond acceptors (Lipinski definition) is 2. The molecule has 112 valence electrons. The summed E-state index contributed by atoms with van der Waals surface area (Å²) >= 11 is 0. The molecule has 0 aliphatic heterocycles. The Hall–Kier alpha value is -1.16. The molecular formula is C16H23F2NO. The smallest absolute Gasteiger partial charge is 0.191 e. The molecule has 1 fully saturated rings. The third-order valence-corrected chi connectivity index (χ3v) is 4.09. The van der Waals surface area contributed by atoms with Gasteiger partial charge in [-0.05, 0) is 55.8 Å². The minimum absolute atomic E-state index is 0.0712. The molecule has 1 saturated carbocycles. The van der Waals surface area contributed by atoms with Crippen LogP contribution in [0.25, 0.3) is 0 Å². The number of nitrogens with two attached hydrogens (primary N) is 1. The standard InChI is InChI=1S/C16H23F2NO/c1-2-11-4-3-5-13(8-11)20-16-14(17)9-12(6-7-19)10-15(16)18/h9-11,13H,2-8,19H2,1H3. The Kier molecular flexibility index (Phi) is 5.35. The molecule has 1 aromatic carbocycles. The monoisotopic (exact) mass is 283 g/mol. The maximum Gasteiger partial charge on any atom is 0.191 e. The van der Waals surface area contributed by atoms with Crippen molar-refractivity contribution >= 4 is 0 Å². The van der Waals surface area contributed by atoms with E-state index in [4.69, 9.17) is 10.5 Å². The van der Waals surface area contributed by atoms with Crippen molar-refractivity contribution in [3.63, 3.8) is 0 Å². The number of benzene rings is 1. The highest BCUT2D eigenvalue weighted by Gasteiger charge is 2.24. The van der Waals surface area contributed by atoms with Gasteiger partial charge < -0.3 is 10.5 Å². The van der Waals surface area contributed by atoms with E-state index in [1.54, 1.807) is 0 Å². The first-order chi connectivity index (χ1) is 9.63. The van der Waals surface area contributed by atoms with Gasteiger partial charge in [0.2, 0.25) is 0 Å². The van der Waals surface area contributed by atoms with Crippen LogP contribution in [0.15, 0.2) is 12.1 Å². The zero-order chi connectivity index (χ0) is 14.5. The number of ether oxygens (including phenoxy) is 1. The number of rotatable bonds is 5. The first kappa shape index (κ1) is 15.2. The van der Waals surface area contributed by atoms with Crippen molar-refractivity contribution in [3.05, 3.63) is 29.3 Å². The van der Waals surface area contributed by atoms with Gasteiger partial charge >= 0.3 is 0 Å². The van der Waals surface area contributed by atoms with Gasteiger partial charge in [0, 0.05) is 0 Å². The topological polar surface area (TPSA) is 35.2 Å². The van der Waals surface area contributed by atoms with E-state index in [9.17, 15) is 8.78 Å². The molecule has 4 heteroatoms. The summed E-state index contributed by atoms with van der Waals surface area (Å²) in [5.41, 5.74) is 5.98. The van der Waals surface area contributed by atoms with E-state index >= 15 is 0 Å². The van der Waals surface area contributed by atoms with E-state index in [-0.39, 0.29) is 11.9 Å². The maximum atomic E-state index is 14.0. The average Bonchev–Trinajstić information content (AvgIpc) is 2.43. The molecule has 0 spiro atoms. The van der Waals surface area contributed by atoms with Crippen LogP contribution >= 0.6 is 0 Å². The molecule has 0 aromatic heterocycles. The molecule has 0 heterocycles. The normalized spacial score (nSPS) is 22.8. The van der Waals surface area contributed by atoms with Crippen LogP contribution < -0.4 is 10.5 Å². The lowest BCUT2D eigenvalue weighted by Crippen LogP contribution is -2.26. The predicted octanol–water partition coefficient (Wildman–Crippen LogP) is 3.81. The number of hydrogen-bond donors (Lipinski definition) is 1. The second-order valence-corrected chi connectivity index (χ2v) is 5.61. The summed E-state index contributed by atoms with van der Waals surface area (Å²) < 4.78 is 33.5. The molecule has 0 bridgehead atoms. The Bertz CT molecular complexity index is 427. The van der Waals surface area contributed by atoms with Gasteiger partial charge in [-0.1, -0.05) is 19.8 Å². The highest BCUT2D eigenvalue weighted by atomic mass is 19.1. The van der Waals surface area contributed by atoms with Crippen LogP contribution in [0.2, 0.25) is 0 Å². The van der Waals surface area contributed by atoms with Crippen molar-refractivity contribution in [2.24, 2.45) is 11.7 Å². The fraction of sp³-hybridized carbons (Fsp3) is 0.625. The van der Waals surface area contributed by atoms with Crippen molar-refractivity contribution < 1.29 is 13.5 Å². The average molecular weight is 283 g/mol. The van der Waals surface area contributed by atoms with Crippen LogP contribution in [0, 0.1) is 17.6 Å². The molecular weight excluding hydrogens is 260 g/mol. The lowest BCUT2D eigenvalue weighted by Gasteiger charge is -2.29. The number of halogens is 2. The third kappa shape index (κ3) is 3.69. The van der Waals surface area contributed by atoms with Crippen LogP contribution in [0.5, 0.6) is 5.75 Å². The molecule has 2 nitrogen and oxygen atoms in total. The van der Waals surface area contributed by atoms with Crippen molar-refractivity contribution in [1.82, 2.24) is 0 Å². The van der Waals surface area contributed by atoms with E-state index in [2.05, 4.69) is 6.92 Å². The fourth-order valence-electron chi connectivity index (χ4n) is 2.92. The van der Waals surface area contributed by atoms with Crippen molar-refractivity contribution in [2.45, 2.75) is 51.6 Å². The van der Waals surface area contributed by atoms with Crippen LogP contribution in [-0.2, 0) is 6.42 Å². The fourth-order valence-corrected chi connectivity index (χ4v) is 2.92. The van der Waals surface area contributed by atoms with E-state index in [1.165, 1.54) is 18.6 Å². The summed E-state index contributed by atoms with van der Waals surface area (Å²) in [6.07, 6.45) is 5.52. The summed E-state index contributed by atoms with van der Waals surface area (Å²) in [6, 6.07) is 2.65. The summed E-state index contributed by atoms with van der Waals surface area (Å²) in [4.78, 5) is 0. The highest BCUT2D eigenvalue weighted by molar-refractivity contribution is 5.31. The van der Waals surface area contributed by atoms with Crippen LogP contribution in [0.1, 0.15) is 44.6 Å². The lowest BCUT2D eigenvalue weighted by atomic mass is 9.85. The molecule has 1 aliphatic rings. The van der Waals surface area contributed by atoms with Crippen LogP contribution in [0.3, 0.4) is 0 Å². The van der Waals surface area contributed by atoms with Crippen molar-refractivity contribution in [1.29, 1.82) is 0 Å². The Morgan fingerprint density at radius 3 is 2.55 bits per heavy atom. The Morgan fingerprint density at radius 1 is 1.25 bits per heavy atom. The van der Waals surface area contributed by atoms with Gasteiger partial charge in [0.1, 0.15) is 0 Å². The second kappa shape index (κ2) is 7.02. The van der Waals surface area contributed by atoms with Gasteiger partial charge in [-0.25, -0.2) is 8.78 Å². The molecule has 1 aliphatic carbocycles. The Morgan fingerprint density at radius 2 is 1.95 bits per heavy atom. The van der Waals surface area contributed by atoms with Gasteiger partial charge in [-0.3, -0.25) is 0 Å². The third-order valence-electron chi connectivity index (χ3n) is 4.09. The molecule has 0 amide bonds. The zero-order valence-corrected chi connectivity index (χ0v) is 12.0. The largest absolute Gasteiger partial charge is 0.484 e. The van der Waals surface area contributed by atoms with E-state index in [1.807, 2.05) is 0 Å². The van der Waals surface area contributed by atoms with Gasteiger partial charge in [-0.15, -0.1) is 0 Å². The van der Waals surface area contributed by atoms with E-state index in [0.717, 1.165) is 25.7 Å². The van der Waals surface area contributed by atoms with E-state index in [0.29, 0.717) is 24.4 Å². The van der Waals surface area contributed by atoms with Gasteiger partial charge in [0.15, 0.2) is 17.4 Å². The van der Waals surface area contributed by atoms with Crippen LogP contribution in [-0.4, -0.2) is 12.6 Å².